The fourth-order valence-corrected chi connectivity index (χ4v) is 1.40. The van der Waals surface area contributed by atoms with Crippen LogP contribution in [0.15, 0.2) is 0 Å². The highest BCUT2D eigenvalue weighted by Gasteiger charge is 2.18. The average Bonchev–Trinajstić information content (AvgIpc) is 2.30. The first-order chi connectivity index (χ1) is 8.73. The van der Waals surface area contributed by atoms with Crippen molar-refractivity contribution in [2.45, 2.75) is 40.0 Å². The number of carboxylic acids is 1. The van der Waals surface area contributed by atoms with Crippen molar-refractivity contribution in [1.29, 1.82) is 0 Å². The van der Waals surface area contributed by atoms with Gasteiger partial charge >= 0.3 is 5.97 Å². The van der Waals surface area contributed by atoms with E-state index in [0.717, 1.165) is 6.42 Å². The summed E-state index contributed by atoms with van der Waals surface area (Å²) in [7, 11) is 0. The Kier molecular flexibility index (Phi) is 7.74. The molecule has 0 unspecified atom stereocenters. The molecule has 0 aliphatic rings. The third kappa shape index (κ3) is 11.2. The first-order valence-corrected chi connectivity index (χ1v) is 6.21. The van der Waals surface area contributed by atoms with Crippen LogP contribution in [0.1, 0.15) is 40.0 Å². The van der Waals surface area contributed by atoms with Crippen LogP contribution >= 0.6 is 0 Å². The van der Waals surface area contributed by atoms with Crippen LogP contribution in [0.4, 0.5) is 0 Å². The zero-order chi connectivity index (χ0) is 14.9. The molecule has 4 N–H and O–H groups in total. The minimum Gasteiger partial charge on any atom is -0.481 e. The second kappa shape index (κ2) is 8.47. The van der Waals surface area contributed by atoms with Gasteiger partial charge in [0.05, 0.1) is 6.54 Å². The lowest BCUT2D eigenvalue weighted by molar-refractivity contribution is -0.137. The highest BCUT2D eigenvalue weighted by atomic mass is 16.4. The molecule has 0 aromatic rings. The number of aliphatic carboxylic acids is 1. The summed E-state index contributed by atoms with van der Waals surface area (Å²) in [6, 6.07) is 0. The summed E-state index contributed by atoms with van der Waals surface area (Å²) in [5, 5.41) is 11.6. The second-order valence-corrected chi connectivity index (χ2v) is 5.21. The number of hydrazine groups is 1. The lowest BCUT2D eigenvalue weighted by Gasteiger charge is -2.23. The molecule has 19 heavy (non-hydrogen) atoms. The Bertz CT molecular complexity index is 329. The van der Waals surface area contributed by atoms with E-state index in [1.165, 1.54) is 6.92 Å². The molecule has 0 atom stereocenters. The van der Waals surface area contributed by atoms with Gasteiger partial charge in [0.15, 0.2) is 0 Å². The zero-order valence-electron chi connectivity index (χ0n) is 11.7. The molecule has 0 fully saturated rings. The predicted molar refractivity (Wildman–Crippen MR) is 70.1 cm³/mol. The summed E-state index contributed by atoms with van der Waals surface area (Å²) in [4.78, 5) is 32.3. The van der Waals surface area contributed by atoms with E-state index < -0.39 is 5.97 Å². The molecule has 110 valence electrons. The first kappa shape index (κ1) is 17.4. The maximum absolute atomic E-state index is 11.2. The molecule has 0 radical (unpaired) electrons. The lowest BCUT2D eigenvalue weighted by Crippen LogP contribution is -2.44. The number of hydrogen-bond donors (Lipinski definition) is 4. The topological polar surface area (TPSA) is 108 Å². The Morgan fingerprint density at radius 2 is 1.74 bits per heavy atom. The van der Waals surface area contributed by atoms with Crippen molar-refractivity contribution in [2.24, 2.45) is 5.41 Å². The molecule has 0 aliphatic heterocycles. The van der Waals surface area contributed by atoms with Crippen LogP contribution in [0.25, 0.3) is 0 Å². The van der Waals surface area contributed by atoms with E-state index in [1.807, 2.05) is 13.8 Å². The Morgan fingerprint density at radius 3 is 2.26 bits per heavy atom. The fraction of sp³-hybridized carbons (Fsp3) is 0.750. The molecule has 7 nitrogen and oxygen atoms in total. The summed E-state index contributed by atoms with van der Waals surface area (Å²) < 4.78 is 0. The molecule has 0 bridgehead atoms. The number of carbonyl (C=O) groups excluding carboxylic acids is 2. The molecule has 0 aliphatic carbocycles. The summed E-state index contributed by atoms with van der Waals surface area (Å²) in [6.45, 7) is 6.01. The van der Waals surface area contributed by atoms with Crippen molar-refractivity contribution < 1.29 is 19.5 Å². The van der Waals surface area contributed by atoms with Crippen LogP contribution in [0.2, 0.25) is 0 Å². The minimum atomic E-state index is -0.796. The fourth-order valence-electron chi connectivity index (χ4n) is 1.40. The minimum absolute atomic E-state index is 0.0838. The SMILES string of the molecule is CC(=O)NNC(=O)CNCCC(C)(C)CCC(=O)O. The summed E-state index contributed by atoms with van der Waals surface area (Å²) in [6.07, 6.45) is 1.52. The Balaban J connectivity index is 3.69. The second-order valence-electron chi connectivity index (χ2n) is 5.21. The molecule has 7 heteroatoms. The van der Waals surface area contributed by atoms with Crippen LogP contribution in [-0.4, -0.2) is 36.0 Å². The van der Waals surface area contributed by atoms with Gasteiger partial charge in [-0.05, 0) is 24.8 Å². The number of amides is 2. The maximum atomic E-state index is 11.2. The van der Waals surface area contributed by atoms with Gasteiger partial charge in [-0.1, -0.05) is 13.8 Å². The molecule has 0 rings (SSSR count). The van der Waals surface area contributed by atoms with Gasteiger partial charge < -0.3 is 10.4 Å². The number of carboxylic acid groups (broad SMARTS) is 1. The van der Waals surface area contributed by atoms with Gasteiger partial charge in [0.2, 0.25) is 5.91 Å². The van der Waals surface area contributed by atoms with Gasteiger partial charge in [0.25, 0.3) is 5.91 Å². The van der Waals surface area contributed by atoms with Crippen molar-refractivity contribution in [3.05, 3.63) is 0 Å². The monoisotopic (exact) mass is 273 g/mol. The maximum Gasteiger partial charge on any atom is 0.303 e. The van der Waals surface area contributed by atoms with Crippen LogP contribution in [0.5, 0.6) is 0 Å². The third-order valence-corrected chi connectivity index (χ3v) is 2.66. The predicted octanol–water partition coefficient (Wildman–Crippen LogP) is 0.0244. The van der Waals surface area contributed by atoms with E-state index in [1.54, 1.807) is 0 Å². The number of rotatable bonds is 8. The van der Waals surface area contributed by atoms with Gasteiger partial charge in [-0.25, -0.2) is 0 Å². The molecular weight excluding hydrogens is 250 g/mol. The van der Waals surface area contributed by atoms with Crippen molar-refractivity contribution in [3.8, 4) is 0 Å². The zero-order valence-corrected chi connectivity index (χ0v) is 11.7. The van der Waals surface area contributed by atoms with Gasteiger partial charge in [-0.2, -0.15) is 0 Å². The molecule has 0 aromatic carbocycles. The first-order valence-electron chi connectivity index (χ1n) is 6.21. The standard InChI is InChI=1S/C12H23N3O4/c1-9(16)14-15-10(17)8-13-7-6-12(2,3)5-4-11(18)19/h13H,4-8H2,1-3H3,(H,14,16)(H,15,17)(H,18,19). The van der Waals surface area contributed by atoms with Crippen molar-refractivity contribution in [3.63, 3.8) is 0 Å². The van der Waals surface area contributed by atoms with Crippen molar-refractivity contribution in [2.75, 3.05) is 13.1 Å². The third-order valence-electron chi connectivity index (χ3n) is 2.66. The summed E-state index contributed by atoms with van der Waals surface area (Å²) >= 11 is 0. The Labute approximate surface area is 113 Å². The molecule has 0 heterocycles. The van der Waals surface area contributed by atoms with Gasteiger partial charge in [-0.3, -0.25) is 25.2 Å². The van der Waals surface area contributed by atoms with E-state index >= 15 is 0 Å². The van der Waals surface area contributed by atoms with Gasteiger partial charge in [-0.15, -0.1) is 0 Å². The number of carbonyl (C=O) groups is 3. The highest BCUT2D eigenvalue weighted by Crippen LogP contribution is 2.25. The molecule has 2 amide bonds. The van der Waals surface area contributed by atoms with Crippen LogP contribution in [0, 0.1) is 5.41 Å². The Morgan fingerprint density at radius 1 is 1.11 bits per heavy atom. The molecule has 0 saturated heterocycles. The quantitative estimate of drug-likeness (QED) is 0.368. The number of nitrogens with one attached hydrogen (secondary N) is 3. The lowest BCUT2D eigenvalue weighted by atomic mass is 9.84. The van der Waals surface area contributed by atoms with Crippen LogP contribution in [0.3, 0.4) is 0 Å². The van der Waals surface area contributed by atoms with E-state index in [4.69, 9.17) is 5.11 Å². The normalized spacial score (nSPS) is 10.9. The van der Waals surface area contributed by atoms with Gasteiger partial charge in [0, 0.05) is 13.3 Å². The molecule has 0 spiro atoms. The van der Waals surface area contributed by atoms with Crippen molar-refractivity contribution in [1.82, 2.24) is 16.2 Å². The van der Waals surface area contributed by atoms with Crippen LogP contribution < -0.4 is 16.2 Å². The van der Waals surface area contributed by atoms with Crippen molar-refractivity contribution >= 4 is 17.8 Å². The number of hydrogen-bond acceptors (Lipinski definition) is 4. The smallest absolute Gasteiger partial charge is 0.303 e. The average molecular weight is 273 g/mol. The van der Waals surface area contributed by atoms with E-state index in [-0.39, 0.29) is 30.2 Å². The molecular formula is C12H23N3O4. The highest BCUT2D eigenvalue weighted by molar-refractivity contribution is 5.81. The summed E-state index contributed by atoms with van der Waals surface area (Å²) in [5.41, 5.74) is 4.35. The molecule has 0 aromatic heterocycles. The summed E-state index contributed by atoms with van der Waals surface area (Å²) in [5.74, 6) is -1.45. The Hall–Kier alpha value is -1.63. The van der Waals surface area contributed by atoms with Gasteiger partial charge in [0.1, 0.15) is 0 Å². The molecule has 0 saturated carbocycles. The largest absolute Gasteiger partial charge is 0.481 e. The van der Waals surface area contributed by atoms with E-state index in [9.17, 15) is 14.4 Å². The van der Waals surface area contributed by atoms with E-state index in [2.05, 4.69) is 16.2 Å². The van der Waals surface area contributed by atoms with E-state index in [0.29, 0.717) is 13.0 Å². The van der Waals surface area contributed by atoms with Crippen LogP contribution in [-0.2, 0) is 14.4 Å².